The fraction of sp³-hybridized carbons (Fsp3) is 0.412. The molecule has 6 heteroatoms. The number of nitrogen functional groups attached to an aromatic ring is 1. The summed E-state index contributed by atoms with van der Waals surface area (Å²) >= 11 is 1.42. The molecule has 0 saturated carbocycles. The molecule has 2 aromatic rings. The van der Waals surface area contributed by atoms with Gasteiger partial charge in [0.2, 0.25) is 0 Å². The van der Waals surface area contributed by atoms with Gasteiger partial charge in [-0.3, -0.25) is 4.79 Å². The lowest BCUT2D eigenvalue weighted by Gasteiger charge is -2.44. The van der Waals surface area contributed by atoms with Gasteiger partial charge in [-0.2, -0.15) is 0 Å². The lowest BCUT2D eigenvalue weighted by molar-refractivity contribution is 0.0620. The Morgan fingerprint density at radius 3 is 2.87 bits per heavy atom. The zero-order valence-electron chi connectivity index (χ0n) is 12.9. The van der Waals surface area contributed by atoms with Crippen LogP contribution in [-0.2, 0) is 0 Å². The van der Waals surface area contributed by atoms with Crippen LogP contribution >= 0.6 is 11.3 Å². The van der Waals surface area contributed by atoms with Crippen molar-refractivity contribution in [3.63, 3.8) is 0 Å². The van der Waals surface area contributed by atoms with E-state index in [2.05, 4.69) is 15.2 Å². The average Bonchev–Trinajstić information content (AvgIpc) is 3.06. The normalized spacial score (nSPS) is 26.2. The number of piperidine rings is 3. The van der Waals surface area contributed by atoms with Gasteiger partial charge >= 0.3 is 0 Å². The van der Waals surface area contributed by atoms with Crippen LogP contribution in [0.3, 0.4) is 0 Å². The first-order valence-electron chi connectivity index (χ1n) is 8.04. The van der Waals surface area contributed by atoms with E-state index in [-0.39, 0.29) is 11.9 Å². The molecule has 3 fully saturated rings. The van der Waals surface area contributed by atoms with Crippen molar-refractivity contribution in [1.29, 1.82) is 0 Å². The molecule has 3 saturated heterocycles. The molecule has 0 radical (unpaired) electrons. The largest absolute Gasteiger partial charge is 0.399 e. The van der Waals surface area contributed by atoms with Gasteiger partial charge < -0.3 is 16.0 Å². The number of rotatable bonds is 3. The third kappa shape index (κ3) is 2.96. The van der Waals surface area contributed by atoms with Crippen molar-refractivity contribution < 1.29 is 4.79 Å². The van der Waals surface area contributed by atoms with Crippen molar-refractivity contribution in [3.8, 4) is 10.4 Å². The number of fused-ring (bicyclic) bond motifs is 3. The molecule has 3 N–H and O–H groups in total. The smallest absolute Gasteiger partial charge is 0.280 e. The number of hydrogen-bond acceptors (Lipinski definition) is 5. The van der Waals surface area contributed by atoms with Crippen LogP contribution in [0.15, 0.2) is 30.5 Å². The molecule has 5 nitrogen and oxygen atoms in total. The maximum absolute atomic E-state index is 12.5. The number of nitrogens with zero attached hydrogens (tertiary/aromatic N) is 2. The number of thiazole rings is 1. The summed E-state index contributed by atoms with van der Waals surface area (Å²) in [5, 5.41) is 3.71. The second-order valence-corrected chi connectivity index (χ2v) is 7.40. The Morgan fingerprint density at radius 2 is 2.17 bits per heavy atom. The quantitative estimate of drug-likeness (QED) is 0.848. The SMILES string of the molecule is Nc1cccc(-c2cnc(C(=O)N[C@H]3CN4CCC3CC4)s2)c1. The maximum Gasteiger partial charge on any atom is 0.280 e. The summed E-state index contributed by atoms with van der Waals surface area (Å²) in [6.45, 7) is 3.32. The van der Waals surface area contributed by atoms with Crippen molar-refractivity contribution in [2.45, 2.75) is 18.9 Å². The standard InChI is InChI=1S/C17H20N4OS/c18-13-3-1-2-12(8-13)15-9-19-17(23-15)16(22)20-14-10-21-6-4-11(14)5-7-21/h1-3,8-9,11,14H,4-7,10,18H2,(H,20,22)/t14-/m0/s1. The van der Waals surface area contributed by atoms with Crippen LogP contribution in [0.5, 0.6) is 0 Å². The van der Waals surface area contributed by atoms with Crippen molar-refractivity contribution >= 4 is 22.9 Å². The summed E-state index contributed by atoms with van der Waals surface area (Å²) in [4.78, 5) is 20.2. The first-order chi connectivity index (χ1) is 11.2. The minimum absolute atomic E-state index is 0.0519. The molecule has 5 rings (SSSR count). The number of anilines is 1. The van der Waals surface area contributed by atoms with Crippen LogP contribution in [0.4, 0.5) is 5.69 Å². The Morgan fingerprint density at radius 1 is 1.35 bits per heavy atom. The van der Waals surface area contributed by atoms with E-state index >= 15 is 0 Å². The molecule has 0 aliphatic carbocycles. The number of nitrogens with one attached hydrogen (secondary N) is 1. The van der Waals surface area contributed by atoms with Gasteiger partial charge in [0, 0.05) is 24.5 Å². The number of benzene rings is 1. The topological polar surface area (TPSA) is 71.2 Å². The number of carbonyl (C=O) groups is 1. The second kappa shape index (κ2) is 5.94. The molecule has 4 heterocycles. The van der Waals surface area contributed by atoms with Crippen LogP contribution < -0.4 is 11.1 Å². The zero-order chi connectivity index (χ0) is 15.8. The molecule has 1 atom stereocenters. The van der Waals surface area contributed by atoms with Gasteiger partial charge in [0.25, 0.3) is 5.91 Å². The Hall–Kier alpha value is -1.92. The molecule has 3 aliphatic heterocycles. The molecule has 23 heavy (non-hydrogen) atoms. The number of carbonyl (C=O) groups excluding carboxylic acids is 1. The van der Waals surface area contributed by atoms with Crippen LogP contribution in [0.1, 0.15) is 22.6 Å². The molecule has 1 amide bonds. The van der Waals surface area contributed by atoms with Crippen LogP contribution in [-0.4, -0.2) is 41.5 Å². The van der Waals surface area contributed by atoms with Crippen LogP contribution in [0.25, 0.3) is 10.4 Å². The second-order valence-electron chi connectivity index (χ2n) is 6.37. The van der Waals surface area contributed by atoms with Gasteiger partial charge in [0.1, 0.15) is 0 Å². The molecule has 2 bridgehead atoms. The Balaban J connectivity index is 1.47. The minimum atomic E-state index is -0.0519. The summed E-state index contributed by atoms with van der Waals surface area (Å²) in [5.41, 5.74) is 7.54. The van der Waals surface area contributed by atoms with E-state index in [1.54, 1.807) is 6.20 Å². The van der Waals surface area contributed by atoms with Gasteiger partial charge in [-0.05, 0) is 49.5 Å². The number of amides is 1. The van der Waals surface area contributed by atoms with Gasteiger partial charge in [0.15, 0.2) is 5.01 Å². The van der Waals surface area contributed by atoms with E-state index in [0.29, 0.717) is 16.6 Å². The lowest BCUT2D eigenvalue weighted by atomic mass is 9.84. The molecule has 3 aliphatic rings. The summed E-state index contributed by atoms with van der Waals surface area (Å²) < 4.78 is 0. The van der Waals surface area contributed by atoms with E-state index in [9.17, 15) is 4.79 Å². The van der Waals surface area contributed by atoms with Gasteiger partial charge in [-0.15, -0.1) is 11.3 Å². The molecule has 0 spiro atoms. The first-order valence-corrected chi connectivity index (χ1v) is 8.85. The van der Waals surface area contributed by atoms with Crippen molar-refractivity contribution in [2.75, 3.05) is 25.4 Å². The van der Waals surface area contributed by atoms with Crippen molar-refractivity contribution in [3.05, 3.63) is 35.5 Å². The molecular weight excluding hydrogens is 308 g/mol. The fourth-order valence-corrected chi connectivity index (χ4v) is 4.38. The highest BCUT2D eigenvalue weighted by atomic mass is 32.1. The predicted molar refractivity (Wildman–Crippen MR) is 92.4 cm³/mol. The highest BCUT2D eigenvalue weighted by Crippen LogP contribution is 2.29. The van der Waals surface area contributed by atoms with Gasteiger partial charge in [-0.25, -0.2) is 4.98 Å². The average molecular weight is 328 g/mol. The van der Waals surface area contributed by atoms with E-state index in [4.69, 9.17) is 5.73 Å². The predicted octanol–water partition coefficient (Wildman–Crippen LogP) is 2.22. The zero-order valence-corrected chi connectivity index (χ0v) is 13.7. The summed E-state index contributed by atoms with van der Waals surface area (Å²) in [6.07, 6.45) is 4.14. The fourth-order valence-electron chi connectivity index (χ4n) is 3.56. The van der Waals surface area contributed by atoms with Gasteiger partial charge in [0.05, 0.1) is 4.88 Å². The maximum atomic E-state index is 12.5. The van der Waals surface area contributed by atoms with Crippen LogP contribution in [0.2, 0.25) is 0 Å². The molecule has 1 aromatic carbocycles. The Kier molecular flexibility index (Phi) is 3.79. The third-order valence-electron chi connectivity index (χ3n) is 4.84. The summed E-state index contributed by atoms with van der Waals surface area (Å²) in [6, 6.07) is 7.93. The van der Waals surface area contributed by atoms with Crippen molar-refractivity contribution in [1.82, 2.24) is 15.2 Å². The van der Waals surface area contributed by atoms with E-state index in [1.807, 2.05) is 24.3 Å². The van der Waals surface area contributed by atoms with E-state index < -0.39 is 0 Å². The molecule has 0 unspecified atom stereocenters. The molecular formula is C17H20N4OS. The van der Waals surface area contributed by atoms with E-state index in [1.165, 1.54) is 37.3 Å². The highest BCUT2D eigenvalue weighted by Gasteiger charge is 2.35. The number of aromatic nitrogens is 1. The summed E-state index contributed by atoms with van der Waals surface area (Å²) in [5.74, 6) is 0.571. The molecule has 1 aromatic heterocycles. The Bertz CT molecular complexity index is 721. The summed E-state index contributed by atoms with van der Waals surface area (Å²) in [7, 11) is 0. The third-order valence-corrected chi connectivity index (χ3v) is 5.89. The monoisotopic (exact) mass is 328 g/mol. The van der Waals surface area contributed by atoms with Crippen LogP contribution in [0, 0.1) is 5.92 Å². The Labute approximate surface area is 139 Å². The van der Waals surface area contributed by atoms with Gasteiger partial charge in [-0.1, -0.05) is 12.1 Å². The number of nitrogens with two attached hydrogens (primary N) is 1. The molecule has 120 valence electrons. The highest BCUT2D eigenvalue weighted by molar-refractivity contribution is 7.17. The van der Waals surface area contributed by atoms with Crippen molar-refractivity contribution in [2.24, 2.45) is 5.92 Å². The lowest BCUT2D eigenvalue weighted by Crippen LogP contribution is -2.57. The minimum Gasteiger partial charge on any atom is -0.399 e. The number of hydrogen-bond donors (Lipinski definition) is 2. The van der Waals surface area contributed by atoms with E-state index in [0.717, 1.165) is 17.0 Å². The first kappa shape index (κ1) is 14.7.